The molecule has 0 aliphatic heterocycles. The van der Waals surface area contributed by atoms with Crippen molar-refractivity contribution in [2.75, 3.05) is 4.90 Å². The van der Waals surface area contributed by atoms with Crippen molar-refractivity contribution in [1.29, 1.82) is 0 Å². The molecular weight excluding hydrogens is 417 g/mol. The van der Waals surface area contributed by atoms with E-state index in [0.29, 0.717) is 5.56 Å². The summed E-state index contributed by atoms with van der Waals surface area (Å²) in [5.41, 5.74) is 0.932. The van der Waals surface area contributed by atoms with E-state index in [1.807, 2.05) is 0 Å². The summed E-state index contributed by atoms with van der Waals surface area (Å²) in [6, 6.07) is 8.04. The number of aromatic nitrogens is 3. The van der Waals surface area contributed by atoms with Crippen LogP contribution in [0.3, 0.4) is 0 Å². The third kappa shape index (κ3) is 4.93. The molecule has 0 saturated heterocycles. The van der Waals surface area contributed by atoms with Crippen molar-refractivity contribution in [2.45, 2.75) is 44.2 Å². The number of nitrogens with one attached hydrogen (secondary N) is 1. The molecule has 31 heavy (non-hydrogen) atoms. The standard InChI is InChI=1S/C22H22FN5O2S/c23-16-5-4-8-18(13-16)28(22(30)19-14-31-27-26-19)20(15-9-11-24-12-10-15)21(29)25-17-6-2-1-3-7-17/h4-5,8-14,17,20H,1-3,6-7H2,(H,25,29)/t20-/m0/s1. The van der Waals surface area contributed by atoms with E-state index >= 15 is 0 Å². The van der Waals surface area contributed by atoms with Gasteiger partial charge in [-0.3, -0.25) is 19.5 Å². The average molecular weight is 440 g/mol. The molecule has 0 radical (unpaired) electrons. The normalized spacial score (nSPS) is 15.3. The lowest BCUT2D eigenvalue weighted by atomic mass is 9.94. The fraction of sp³-hybridized carbons (Fsp3) is 0.318. The molecule has 1 aliphatic carbocycles. The van der Waals surface area contributed by atoms with Gasteiger partial charge in [0.25, 0.3) is 5.91 Å². The van der Waals surface area contributed by atoms with Crippen LogP contribution in [0, 0.1) is 5.82 Å². The Bertz CT molecular complexity index is 1030. The number of anilines is 1. The second-order valence-corrected chi connectivity index (χ2v) is 8.08. The monoisotopic (exact) mass is 439 g/mol. The summed E-state index contributed by atoms with van der Waals surface area (Å²) in [6.45, 7) is 0. The summed E-state index contributed by atoms with van der Waals surface area (Å²) >= 11 is 1.03. The smallest absolute Gasteiger partial charge is 0.280 e. The molecule has 4 rings (SSSR count). The van der Waals surface area contributed by atoms with Crippen LogP contribution in [-0.4, -0.2) is 32.4 Å². The molecule has 9 heteroatoms. The lowest BCUT2D eigenvalue weighted by Crippen LogP contribution is -2.47. The maximum absolute atomic E-state index is 14.1. The summed E-state index contributed by atoms with van der Waals surface area (Å²) in [4.78, 5) is 32.3. The predicted molar refractivity (Wildman–Crippen MR) is 115 cm³/mol. The van der Waals surface area contributed by atoms with Gasteiger partial charge < -0.3 is 5.32 Å². The second-order valence-electron chi connectivity index (χ2n) is 7.47. The molecule has 160 valence electrons. The fourth-order valence-electron chi connectivity index (χ4n) is 3.88. The largest absolute Gasteiger partial charge is 0.351 e. The molecule has 2 amide bonds. The van der Waals surface area contributed by atoms with Crippen molar-refractivity contribution in [3.8, 4) is 0 Å². The van der Waals surface area contributed by atoms with Crippen molar-refractivity contribution in [3.05, 3.63) is 71.2 Å². The van der Waals surface area contributed by atoms with Gasteiger partial charge in [-0.15, -0.1) is 5.10 Å². The van der Waals surface area contributed by atoms with E-state index in [9.17, 15) is 14.0 Å². The van der Waals surface area contributed by atoms with E-state index in [4.69, 9.17) is 0 Å². The number of nitrogens with zero attached hydrogens (tertiary/aromatic N) is 4. The quantitative estimate of drug-likeness (QED) is 0.629. The van der Waals surface area contributed by atoms with Crippen molar-refractivity contribution in [1.82, 2.24) is 19.9 Å². The van der Waals surface area contributed by atoms with Crippen molar-refractivity contribution in [3.63, 3.8) is 0 Å². The highest BCUT2D eigenvalue weighted by Gasteiger charge is 2.35. The Kier molecular flexibility index (Phi) is 6.61. The zero-order chi connectivity index (χ0) is 21.6. The first kappa shape index (κ1) is 21.0. The average Bonchev–Trinajstić information content (AvgIpc) is 3.33. The van der Waals surface area contributed by atoms with Gasteiger partial charge in [0.2, 0.25) is 5.91 Å². The van der Waals surface area contributed by atoms with Gasteiger partial charge in [-0.25, -0.2) is 4.39 Å². The van der Waals surface area contributed by atoms with Crippen LogP contribution in [0.25, 0.3) is 0 Å². The number of halogens is 1. The van der Waals surface area contributed by atoms with Gasteiger partial charge in [-0.1, -0.05) is 29.8 Å². The van der Waals surface area contributed by atoms with Crippen molar-refractivity contribution >= 4 is 29.0 Å². The van der Waals surface area contributed by atoms with Gasteiger partial charge >= 0.3 is 0 Å². The molecule has 0 bridgehead atoms. The Labute approximate surface area is 183 Å². The summed E-state index contributed by atoms with van der Waals surface area (Å²) in [6.07, 6.45) is 8.20. The first-order valence-corrected chi connectivity index (χ1v) is 11.0. The van der Waals surface area contributed by atoms with Crippen molar-refractivity contribution in [2.24, 2.45) is 0 Å². The topological polar surface area (TPSA) is 88.1 Å². The third-order valence-corrected chi connectivity index (χ3v) is 5.87. The zero-order valence-corrected chi connectivity index (χ0v) is 17.6. The zero-order valence-electron chi connectivity index (χ0n) is 16.8. The molecule has 0 spiro atoms. The second kappa shape index (κ2) is 9.74. The maximum Gasteiger partial charge on any atom is 0.280 e. The Balaban J connectivity index is 1.77. The Morgan fingerprint density at radius 2 is 1.90 bits per heavy atom. The minimum Gasteiger partial charge on any atom is -0.351 e. The minimum atomic E-state index is -1.01. The highest BCUT2D eigenvalue weighted by molar-refractivity contribution is 7.03. The Morgan fingerprint density at radius 3 is 2.58 bits per heavy atom. The molecule has 7 nitrogen and oxygen atoms in total. The van der Waals surface area contributed by atoms with Gasteiger partial charge in [0, 0.05) is 29.5 Å². The van der Waals surface area contributed by atoms with Crippen LogP contribution in [-0.2, 0) is 4.79 Å². The molecule has 1 atom stereocenters. The summed E-state index contributed by atoms with van der Waals surface area (Å²) in [7, 11) is 0. The first-order chi connectivity index (χ1) is 15.1. The molecule has 2 aromatic heterocycles. The van der Waals surface area contributed by atoms with Crippen molar-refractivity contribution < 1.29 is 14.0 Å². The first-order valence-electron chi connectivity index (χ1n) is 10.2. The molecule has 0 unspecified atom stereocenters. The summed E-state index contributed by atoms with van der Waals surface area (Å²) in [5.74, 6) is -1.35. The van der Waals surface area contributed by atoms with Crippen LogP contribution < -0.4 is 10.2 Å². The maximum atomic E-state index is 14.1. The van der Waals surface area contributed by atoms with Crippen LogP contribution in [0.4, 0.5) is 10.1 Å². The SMILES string of the molecule is O=C(NC1CCCCC1)[C@H](c1ccncc1)N(C(=O)c1csnn1)c1cccc(F)c1. The number of carbonyl (C=O) groups excluding carboxylic acids is 2. The van der Waals surface area contributed by atoms with E-state index in [1.54, 1.807) is 30.6 Å². The number of pyridine rings is 1. The van der Waals surface area contributed by atoms with Crippen LogP contribution >= 0.6 is 11.5 Å². The van der Waals surface area contributed by atoms with E-state index < -0.39 is 17.8 Å². The van der Waals surface area contributed by atoms with E-state index in [-0.39, 0.29) is 23.3 Å². The molecule has 1 aliphatic rings. The fourth-order valence-corrected chi connectivity index (χ4v) is 4.31. The Morgan fingerprint density at radius 1 is 1.13 bits per heavy atom. The van der Waals surface area contributed by atoms with Gasteiger partial charge in [0.15, 0.2) is 5.69 Å². The van der Waals surface area contributed by atoms with Crippen LogP contribution in [0.1, 0.15) is 54.2 Å². The highest BCUT2D eigenvalue weighted by atomic mass is 32.1. The summed E-state index contributed by atoms with van der Waals surface area (Å²) in [5, 5.41) is 8.49. The number of hydrogen-bond acceptors (Lipinski definition) is 6. The van der Waals surface area contributed by atoms with Crippen LogP contribution in [0.5, 0.6) is 0 Å². The van der Waals surface area contributed by atoms with Gasteiger partial charge in [0.05, 0.1) is 0 Å². The van der Waals surface area contributed by atoms with Crippen LogP contribution in [0.2, 0.25) is 0 Å². The van der Waals surface area contributed by atoms with E-state index in [0.717, 1.165) is 43.6 Å². The summed E-state index contributed by atoms with van der Waals surface area (Å²) < 4.78 is 17.9. The van der Waals surface area contributed by atoms with E-state index in [2.05, 4.69) is 19.9 Å². The molecule has 1 aromatic carbocycles. The molecule has 1 fully saturated rings. The highest BCUT2D eigenvalue weighted by Crippen LogP contribution is 2.30. The molecule has 1 N–H and O–H groups in total. The minimum absolute atomic E-state index is 0.0518. The molecular formula is C22H22FN5O2S. The van der Waals surface area contributed by atoms with Crippen LogP contribution in [0.15, 0.2) is 54.2 Å². The number of hydrogen-bond donors (Lipinski definition) is 1. The number of rotatable bonds is 6. The third-order valence-electron chi connectivity index (χ3n) is 5.36. The lowest BCUT2D eigenvalue weighted by molar-refractivity contribution is -0.123. The number of carbonyl (C=O) groups is 2. The predicted octanol–water partition coefficient (Wildman–Crippen LogP) is 3.91. The molecule has 1 saturated carbocycles. The van der Waals surface area contributed by atoms with Gasteiger partial charge in [-0.2, -0.15) is 0 Å². The van der Waals surface area contributed by atoms with E-state index in [1.165, 1.54) is 28.5 Å². The molecule has 2 heterocycles. The lowest BCUT2D eigenvalue weighted by Gasteiger charge is -2.33. The Hall–Kier alpha value is -3.20. The van der Waals surface area contributed by atoms with Gasteiger partial charge in [-0.05, 0) is 60.3 Å². The number of amides is 2. The molecule has 3 aromatic rings. The van der Waals surface area contributed by atoms with Gasteiger partial charge in [0.1, 0.15) is 11.9 Å². The number of benzene rings is 1.